The Bertz CT molecular complexity index is 1140. The van der Waals surface area contributed by atoms with Crippen LogP contribution in [0.15, 0.2) is 75.4 Å². The number of fused-ring (bicyclic) bond motifs is 1. The molecule has 7 nitrogen and oxygen atoms in total. The van der Waals surface area contributed by atoms with E-state index in [2.05, 4.69) is 20.9 Å². The second-order valence-electron chi connectivity index (χ2n) is 6.27. The zero-order valence-electron chi connectivity index (χ0n) is 15.2. The van der Waals surface area contributed by atoms with Gasteiger partial charge in [0.2, 0.25) is 0 Å². The van der Waals surface area contributed by atoms with E-state index < -0.39 is 11.9 Å². The summed E-state index contributed by atoms with van der Waals surface area (Å²) in [6.45, 7) is 1.72. The van der Waals surface area contributed by atoms with Crippen molar-refractivity contribution in [2.24, 2.45) is 4.99 Å². The van der Waals surface area contributed by atoms with E-state index in [1.54, 1.807) is 55.5 Å². The number of esters is 1. The van der Waals surface area contributed by atoms with Crippen LogP contribution in [0.2, 0.25) is 0 Å². The molecule has 144 valence electrons. The zero-order chi connectivity index (χ0) is 20.5. The Hall–Kier alpha value is -3.52. The topological polar surface area (TPSA) is 92.0 Å². The molecule has 0 spiro atoms. The Morgan fingerprint density at radius 2 is 2.00 bits per heavy atom. The first-order chi connectivity index (χ1) is 13.9. The minimum atomic E-state index is -0.522. The molecule has 0 fully saturated rings. The van der Waals surface area contributed by atoms with Crippen LogP contribution in [0.3, 0.4) is 0 Å². The fraction of sp³-hybridized carbons (Fsp3) is 0.0476. The van der Waals surface area contributed by atoms with Gasteiger partial charge in [-0.1, -0.05) is 24.3 Å². The van der Waals surface area contributed by atoms with Gasteiger partial charge in [0.1, 0.15) is 11.5 Å². The van der Waals surface area contributed by atoms with Crippen LogP contribution in [-0.4, -0.2) is 28.6 Å². The van der Waals surface area contributed by atoms with Crippen LogP contribution in [0.1, 0.15) is 22.8 Å². The smallest absolute Gasteiger partial charge is 0.343 e. The number of hydrogen-bond acceptors (Lipinski definition) is 5. The highest BCUT2D eigenvalue weighted by atomic mass is 79.9. The average Bonchev–Trinajstić information content (AvgIpc) is 3.08. The second-order valence-corrected chi connectivity index (χ2v) is 7.12. The molecule has 2 aliphatic rings. The molecule has 2 aromatic carbocycles. The molecule has 0 atom stereocenters. The molecule has 2 aliphatic heterocycles. The third-order valence-corrected chi connectivity index (χ3v) is 4.78. The Labute approximate surface area is 174 Å². The summed E-state index contributed by atoms with van der Waals surface area (Å²) in [6.07, 6.45) is 3.13. The molecule has 29 heavy (non-hydrogen) atoms. The number of benzene rings is 2. The molecule has 0 saturated heterocycles. The fourth-order valence-corrected chi connectivity index (χ4v) is 3.27. The van der Waals surface area contributed by atoms with Gasteiger partial charge in [0.15, 0.2) is 11.7 Å². The molecule has 0 aliphatic carbocycles. The summed E-state index contributed by atoms with van der Waals surface area (Å²) < 4.78 is 5.95. The highest BCUT2D eigenvalue weighted by Crippen LogP contribution is 2.29. The average molecular weight is 452 g/mol. The normalized spacial score (nSPS) is 16.9. The van der Waals surface area contributed by atoms with E-state index in [4.69, 9.17) is 15.0 Å². The van der Waals surface area contributed by atoms with Crippen LogP contribution in [-0.2, 0) is 9.63 Å². The molecule has 8 heteroatoms. The number of amidine groups is 2. The van der Waals surface area contributed by atoms with Crippen LogP contribution >= 0.6 is 15.9 Å². The standard InChI is InChI=1S/C21H14BrN3O4/c1-12-9-18-24-20(26)15(19(23)25(18)29-12)10-13-7-8-17(16(22)11-13)28-21(27)14-5-3-2-4-6-14/h2-11,23H,1H3/b15-10+,23-19?. The number of nitrogens with one attached hydrogen (secondary N) is 1. The number of aliphatic imine (C=N–C) groups is 1. The number of carbonyl (C=O) groups excluding carboxylic acids is 2. The summed E-state index contributed by atoms with van der Waals surface area (Å²) in [6, 6.07) is 13.6. The van der Waals surface area contributed by atoms with Gasteiger partial charge in [-0.3, -0.25) is 10.2 Å². The first-order valence-electron chi connectivity index (χ1n) is 8.59. The first-order valence-corrected chi connectivity index (χ1v) is 9.38. The number of hydrogen-bond donors (Lipinski definition) is 1. The molecular weight excluding hydrogens is 438 g/mol. The van der Waals surface area contributed by atoms with Gasteiger partial charge in [0.25, 0.3) is 5.91 Å². The molecule has 4 rings (SSSR count). The molecule has 2 aromatic rings. The minimum absolute atomic E-state index is 0.0937. The van der Waals surface area contributed by atoms with Crippen molar-refractivity contribution in [1.29, 1.82) is 5.41 Å². The van der Waals surface area contributed by atoms with Gasteiger partial charge in [-0.25, -0.2) is 4.79 Å². The van der Waals surface area contributed by atoms with Crippen molar-refractivity contribution in [2.75, 3.05) is 0 Å². The number of ether oxygens (including phenoxy) is 1. The second kappa shape index (κ2) is 7.48. The van der Waals surface area contributed by atoms with Gasteiger partial charge < -0.3 is 9.57 Å². The van der Waals surface area contributed by atoms with Crippen LogP contribution < -0.4 is 4.74 Å². The lowest BCUT2D eigenvalue weighted by Crippen LogP contribution is -2.38. The van der Waals surface area contributed by atoms with Crippen molar-refractivity contribution in [2.45, 2.75) is 6.92 Å². The van der Waals surface area contributed by atoms with E-state index in [0.29, 0.717) is 32.9 Å². The van der Waals surface area contributed by atoms with Gasteiger partial charge >= 0.3 is 5.97 Å². The molecule has 0 radical (unpaired) electrons. The highest BCUT2D eigenvalue weighted by molar-refractivity contribution is 9.10. The highest BCUT2D eigenvalue weighted by Gasteiger charge is 2.34. The lowest BCUT2D eigenvalue weighted by atomic mass is 10.1. The lowest BCUT2D eigenvalue weighted by Gasteiger charge is -2.23. The van der Waals surface area contributed by atoms with Crippen LogP contribution in [0.4, 0.5) is 0 Å². The minimum Gasteiger partial charge on any atom is -0.422 e. The molecule has 2 heterocycles. The van der Waals surface area contributed by atoms with E-state index >= 15 is 0 Å². The Morgan fingerprint density at radius 3 is 2.72 bits per heavy atom. The Morgan fingerprint density at radius 1 is 1.24 bits per heavy atom. The summed E-state index contributed by atoms with van der Waals surface area (Å²) in [5, 5.41) is 9.45. The molecule has 0 bridgehead atoms. The van der Waals surface area contributed by atoms with Crippen molar-refractivity contribution >= 4 is 45.6 Å². The molecule has 1 N–H and O–H groups in total. The van der Waals surface area contributed by atoms with Gasteiger partial charge in [-0.2, -0.15) is 4.99 Å². The molecular formula is C21H14BrN3O4. The predicted octanol–water partition coefficient (Wildman–Crippen LogP) is 4.12. The van der Waals surface area contributed by atoms with E-state index in [-0.39, 0.29) is 11.4 Å². The maximum atomic E-state index is 12.3. The maximum absolute atomic E-state index is 12.3. The number of rotatable bonds is 3. The molecule has 0 aromatic heterocycles. The zero-order valence-corrected chi connectivity index (χ0v) is 16.8. The van der Waals surface area contributed by atoms with Gasteiger partial charge in [-0.05, 0) is 58.8 Å². The van der Waals surface area contributed by atoms with Crippen molar-refractivity contribution < 1.29 is 19.2 Å². The van der Waals surface area contributed by atoms with Crippen LogP contribution in [0.25, 0.3) is 6.08 Å². The van der Waals surface area contributed by atoms with Crippen LogP contribution in [0.5, 0.6) is 5.75 Å². The van der Waals surface area contributed by atoms with Crippen molar-refractivity contribution in [3.8, 4) is 5.75 Å². The quantitative estimate of drug-likeness (QED) is 0.430. The SMILES string of the molecule is CC1=CC2=NC(=O)/C(=C/c3ccc(OC(=O)c4ccccc4)c(Br)c3)C(=N)N2O1. The summed E-state index contributed by atoms with van der Waals surface area (Å²) in [4.78, 5) is 33.9. The predicted molar refractivity (Wildman–Crippen MR) is 110 cm³/mol. The number of allylic oxidation sites excluding steroid dienone is 1. The van der Waals surface area contributed by atoms with Gasteiger partial charge in [0.05, 0.1) is 15.6 Å². The molecule has 0 saturated carbocycles. The summed E-state index contributed by atoms with van der Waals surface area (Å²) in [5.41, 5.74) is 1.17. The molecule has 1 amide bonds. The van der Waals surface area contributed by atoms with Crippen molar-refractivity contribution in [1.82, 2.24) is 5.06 Å². The Balaban J connectivity index is 1.56. The van der Waals surface area contributed by atoms with E-state index in [0.717, 1.165) is 0 Å². The fourth-order valence-electron chi connectivity index (χ4n) is 2.79. The largest absolute Gasteiger partial charge is 0.422 e. The first kappa shape index (κ1) is 18.8. The number of nitrogens with zero attached hydrogens (tertiary/aromatic N) is 2. The third-order valence-electron chi connectivity index (χ3n) is 4.16. The van der Waals surface area contributed by atoms with Gasteiger partial charge in [0, 0.05) is 6.08 Å². The monoisotopic (exact) mass is 451 g/mol. The van der Waals surface area contributed by atoms with Crippen molar-refractivity contribution in [3.05, 3.63) is 81.5 Å². The van der Waals surface area contributed by atoms with Gasteiger partial charge in [-0.15, -0.1) is 5.06 Å². The number of hydroxylamine groups is 2. The Kier molecular flexibility index (Phi) is 4.85. The lowest BCUT2D eigenvalue weighted by molar-refractivity contribution is -0.114. The van der Waals surface area contributed by atoms with E-state index in [9.17, 15) is 9.59 Å². The summed E-state index contributed by atoms with van der Waals surface area (Å²) in [7, 11) is 0. The van der Waals surface area contributed by atoms with E-state index in [1.807, 2.05) is 6.07 Å². The number of carbonyl (C=O) groups is 2. The summed E-state index contributed by atoms with van der Waals surface area (Å²) >= 11 is 3.38. The van der Waals surface area contributed by atoms with E-state index in [1.165, 1.54) is 11.1 Å². The number of halogens is 1. The maximum Gasteiger partial charge on any atom is 0.343 e. The van der Waals surface area contributed by atoms with Crippen molar-refractivity contribution in [3.63, 3.8) is 0 Å². The third kappa shape index (κ3) is 3.74. The van der Waals surface area contributed by atoms with Crippen LogP contribution in [0, 0.1) is 5.41 Å². The molecule has 0 unspecified atom stereocenters. The number of amides is 1. The summed E-state index contributed by atoms with van der Waals surface area (Å²) in [5.74, 6) is 0.0933.